The minimum atomic E-state index is -0.678. The summed E-state index contributed by atoms with van der Waals surface area (Å²) in [6.07, 6.45) is 4.24. The van der Waals surface area contributed by atoms with E-state index >= 15 is 4.39 Å². The second kappa shape index (κ2) is 9.09. The lowest BCUT2D eigenvalue weighted by Crippen LogP contribution is -2.35. The summed E-state index contributed by atoms with van der Waals surface area (Å²) < 4.78 is 29.6. The van der Waals surface area contributed by atoms with Crippen molar-refractivity contribution in [2.24, 2.45) is 12.8 Å². The summed E-state index contributed by atoms with van der Waals surface area (Å²) in [6, 6.07) is 9.42. The number of nitrogens with two attached hydrogens (primary N) is 1. The van der Waals surface area contributed by atoms with Gasteiger partial charge in [-0.2, -0.15) is 5.26 Å². The summed E-state index contributed by atoms with van der Waals surface area (Å²) in [5, 5.41) is 11.9. The fourth-order valence-electron chi connectivity index (χ4n) is 4.32. The van der Waals surface area contributed by atoms with Crippen molar-refractivity contribution >= 4 is 33.7 Å². The number of methoxy groups -OCH3 is 1. The molecule has 5 rings (SSSR count). The molecule has 2 N–H and O–H groups in total. The first-order valence-electron chi connectivity index (χ1n) is 10.9. The van der Waals surface area contributed by atoms with Gasteiger partial charge in [0.15, 0.2) is 11.5 Å². The number of rotatable bonds is 6. The van der Waals surface area contributed by atoms with Crippen molar-refractivity contribution < 1.29 is 13.9 Å². The largest absolute Gasteiger partial charge is 0.493 e. The highest BCUT2D eigenvalue weighted by molar-refractivity contribution is 8.03. The Kier molecular flexibility index (Phi) is 5.96. The maximum Gasteiger partial charge on any atom is 0.333 e. The number of benzene rings is 2. The molecule has 0 saturated carbocycles. The Labute approximate surface area is 204 Å². The van der Waals surface area contributed by atoms with Gasteiger partial charge < -0.3 is 15.2 Å². The van der Waals surface area contributed by atoms with Crippen molar-refractivity contribution in [3.63, 3.8) is 0 Å². The standard InChI is InChI=1S/C25H22FN5O3S/c1-30-19-13-29-17-10-20(33-2)21(34-22(12-28)23-4-3-7-35-23)9-15(17)24(19)31(25(30)32)18-6-5-14(11-27)8-16(18)26/h3,5-10,13,22-23H,4,12,28H2,1-2H3. The minimum Gasteiger partial charge on any atom is -0.493 e. The third-order valence-corrected chi connectivity index (χ3v) is 7.32. The van der Waals surface area contributed by atoms with Crippen LogP contribution >= 0.6 is 11.8 Å². The monoisotopic (exact) mass is 491 g/mol. The van der Waals surface area contributed by atoms with E-state index in [0.717, 1.165) is 12.5 Å². The Hall–Kier alpha value is -3.81. The van der Waals surface area contributed by atoms with Crippen LogP contribution in [-0.2, 0) is 7.05 Å². The maximum atomic E-state index is 15.0. The Morgan fingerprint density at radius 2 is 2.17 bits per heavy atom. The number of nitriles is 1. The van der Waals surface area contributed by atoms with Crippen LogP contribution in [0.4, 0.5) is 4.39 Å². The molecule has 1 aliphatic heterocycles. The van der Waals surface area contributed by atoms with Crippen LogP contribution in [0.2, 0.25) is 0 Å². The number of thioether (sulfide) groups is 1. The number of fused-ring (bicyclic) bond motifs is 3. The van der Waals surface area contributed by atoms with Gasteiger partial charge in [-0.25, -0.2) is 9.18 Å². The fourth-order valence-corrected chi connectivity index (χ4v) is 5.31. The molecule has 0 radical (unpaired) electrons. The highest BCUT2D eigenvalue weighted by Crippen LogP contribution is 2.38. The third kappa shape index (κ3) is 3.83. The first-order chi connectivity index (χ1) is 17.0. The second-order valence-electron chi connectivity index (χ2n) is 8.14. The molecular weight excluding hydrogens is 469 g/mol. The zero-order chi connectivity index (χ0) is 24.7. The molecule has 8 nitrogen and oxygen atoms in total. The SMILES string of the molecule is COc1cc2ncc3c(c2cc1OC(CN)C1CC=CS1)n(-c1ccc(C#N)cc1F)c(=O)n3C. The molecule has 2 aromatic carbocycles. The van der Waals surface area contributed by atoms with Gasteiger partial charge in [-0.05, 0) is 36.1 Å². The first-order valence-corrected chi connectivity index (χ1v) is 11.9. The average molecular weight is 492 g/mol. The summed E-state index contributed by atoms with van der Waals surface area (Å²) in [5.41, 5.74) is 7.34. The lowest BCUT2D eigenvalue weighted by Gasteiger charge is -2.24. The molecule has 0 bridgehead atoms. The van der Waals surface area contributed by atoms with E-state index in [1.165, 1.54) is 21.3 Å². The van der Waals surface area contributed by atoms with E-state index in [1.54, 1.807) is 44.2 Å². The zero-order valence-corrected chi connectivity index (χ0v) is 19.9. The molecular formula is C25H22FN5O3S. The smallest absolute Gasteiger partial charge is 0.333 e. The number of nitrogens with zero attached hydrogens (tertiary/aromatic N) is 4. The second-order valence-corrected chi connectivity index (χ2v) is 9.29. The molecule has 0 spiro atoms. The molecule has 0 aliphatic carbocycles. The lowest BCUT2D eigenvalue weighted by atomic mass is 10.1. The van der Waals surface area contributed by atoms with Gasteiger partial charge in [-0.3, -0.25) is 14.1 Å². The number of hydrogen-bond donors (Lipinski definition) is 1. The van der Waals surface area contributed by atoms with Crippen molar-refractivity contribution in [1.82, 2.24) is 14.1 Å². The van der Waals surface area contributed by atoms with Crippen molar-refractivity contribution in [3.8, 4) is 23.3 Å². The van der Waals surface area contributed by atoms with E-state index in [2.05, 4.69) is 11.1 Å². The maximum absolute atomic E-state index is 15.0. The molecule has 0 saturated heterocycles. The van der Waals surface area contributed by atoms with Gasteiger partial charge in [0.05, 0.1) is 52.4 Å². The molecule has 178 valence electrons. The van der Waals surface area contributed by atoms with Crippen LogP contribution in [0.15, 0.2) is 52.8 Å². The van der Waals surface area contributed by atoms with E-state index in [0.29, 0.717) is 40.0 Å². The van der Waals surface area contributed by atoms with Crippen molar-refractivity contribution in [2.45, 2.75) is 17.8 Å². The Morgan fingerprint density at radius 3 is 2.83 bits per heavy atom. The molecule has 4 aromatic rings. The van der Waals surface area contributed by atoms with Crippen LogP contribution in [-0.4, -0.2) is 39.1 Å². The molecule has 10 heteroatoms. The van der Waals surface area contributed by atoms with Gasteiger partial charge in [0.2, 0.25) is 0 Å². The number of aromatic nitrogens is 3. The van der Waals surface area contributed by atoms with E-state index in [-0.39, 0.29) is 22.6 Å². The van der Waals surface area contributed by atoms with Gasteiger partial charge in [0.25, 0.3) is 0 Å². The van der Waals surface area contributed by atoms with E-state index < -0.39 is 11.5 Å². The van der Waals surface area contributed by atoms with Gasteiger partial charge in [0.1, 0.15) is 11.9 Å². The molecule has 0 fully saturated rings. The number of halogens is 1. The number of imidazole rings is 1. The Balaban J connectivity index is 1.75. The summed E-state index contributed by atoms with van der Waals surface area (Å²) in [4.78, 5) is 17.7. The van der Waals surface area contributed by atoms with Crippen molar-refractivity contribution in [3.05, 3.63) is 69.9 Å². The number of ether oxygens (including phenoxy) is 2. The molecule has 3 heterocycles. The number of pyridine rings is 1. The van der Waals surface area contributed by atoms with Crippen molar-refractivity contribution in [2.75, 3.05) is 13.7 Å². The molecule has 35 heavy (non-hydrogen) atoms. The van der Waals surface area contributed by atoms with Crippen LogP contribution in [0.5, 0.6) is 11.5 Å². The quantitative estimate of drug-likeness (QED) is 0.439. The Morgan fingerprint density at radius 1 is 1.34 bits per heavy atom. The summed E-state index contributed by atoms with van der Waals surface area (Å²) >= 11 is 1.67. The number of allylic oxidation sites excluding steroid dienone is 1. The van der Waals surface area contributed by atoms with E-state index in [1.807, 2.05) is 11.5 Å². The lowest BCUT2D eigenvalue weighted by molar-refractivity contribution is 0.198. The summed E-state index contributed by atoms with van der Waals surface area (Å²) in [6.45, 7) is 0.315. The van der Waals surface area contributed by atoms with Crippen LogP contribution < -0.4 is 20.9 Å². The average Bonchev–Trinajstić information content (AvgIpc) is 3.49. The highest BCUT2D eigenvalue weighted by Gasteiger charge is 2.26. The normalized spacial score (nSPS) is 16.0. The summed E-state index contributed by atoms with van der Waals surface area (Å²) in [7, 11) is 3.15. The highest BCUT2D eigenvalue weighted by atomic mass is 32.2. The van der Waals surface area contributed by atoms with E-state index in [9.17, 15) is 4.79 Å². The molecule has 1 aliphatic rings. The van der Waals surface area contributed by atoms with Gasteiger partial charge >= 0.3 is 5.69 Å². The first kappa shape index (κ1) is 23.0. The van der Waals surface area contributed by atoms with Gasteiger partial charge in [0, 0.05) is 25.0 Å². The Bertz CT molecular complexity index is 1580. The molecule has 2 unspecified atom stereocenters. The van der Waals surface area contributed by atoms with Crippen LogP contribution in [0.3, 0.4) is 0 Å². The van der Waals surface area contributed by atoms with Crippen LogP contribution in [0.25, 0.3) is 27.6 Å². The van der Waals surface area contributed by atoms with E-state index in [4.69, 9.17) is 20.5 Å². The molecule has 2 aromatic heterocycles. The van der Waals surface area contributed by atoms with Gasteiger partial charge in [-0.15, -0.1) is 11.8 Å². The third-order valence-electron chi connectivity index (χ3n) is 6.13. The zero-order valence-electron chi connectivity index (χ0n) is 19.1. The van der Waals surface area contributed by atoms with Crippen LogP contribution in [0, 0.1) is 17.1 Å². The van der Waals surface area contributed by atoms with Crippen LogP contribution in [0.1, 0.15) is 12.0 Å². The van der Waals surface area contributed by atoms with Gasteiger partial charge in [-0.1, -0.05) is 6.08 Å². The van der Waals surface area contributed by atoms with Crippen molar-refractivity contribution in [1.29, 1.82) is 5.26 Å². The fraction of sp³-hybridized carbons (Fsp3) is 0.240. The summed E-state index contributed by atoms with van der Waals surface area (Å²) in [5.74, 6) is 0.260. The predicted octanol–water partition coefficient (Wildman–Crippen LogP) is 3.62. The number of hydrogen-bond acceptors (Lipinski definition) is 7. The molecule has 2 atom stereocenters. The number of aryl methyl sites for hydroxylation is 1. The molecule has 0 amide bonds. The minimum absolute atomic E-state index is 0.0404. The predicted molar refractivity (Wildman–Crippen MR) is 134 cm³/mol. The topological polar surface area (TPSA) is 108 Å².